The van der Waals surface area contributed by atoms with Crippen LogP contribution in [0.5, 0.6) is 0 Å². The molecule has 0 saturated heterocycles. The number of nitriles is 2. The lowest BCUT2D eigenvalue weighted by atomic mass is 9.90. The Kier molecular flexibility index (Phi) is 8.66. The van der Waals surface area contributed by atoms with Crippen molar-refractivity contribution in [2.45, 2.75) is 0 Å². The fourth-order valence-electron chi connectivity index (χ4n) is 14.2. The van der Waals surface area contributed by atoms with Gasteiger partial charge >= 0.3 is 0 Å². The summed E-state index contributed by atoms with van der Waals surface area (Å²) in [4.78, 5) is 0. The Morgan fingerprint density at radius 2 is 0.663 bits per heavy atom. The minimum absolute atomic E-state index is 0.335. The molecule has 0 aliphatic heterocycles. The van der Waals surface area contributed by atoms with Crippen molar-refractivity contribution in [3.8, 4) is 40.3 Å². The standard InChI is InChI=1S/C74H37N5O3S/c75-38-55-64(54-24-15-23-53-46-22-7-14-31-63(46)83-74(53)54)65(77-57-25-8-1-16-40(57)47-32-35-50-43-19-4-11-28-60(43)80-71(50)68(47)77)56(39-76)67(79-59-27-10-3-18-42(59)49-34-37-52-45-21-6-13-30-62(45)82-73(52)70(49)79)66(55)78-58-26-9-2-17-41(58)48-33-36-51-44-20-5-12-29-61(44)81-72(51)69(48)78/h1-37H. The maximum atomic E-state index is 13.1. The van der Waals surface area contributed by atoms with Crippen molar-refractivity contribution in [1.82, 2.24) is 13.7 Å². The summed E-state index contributed by atoms with van der Waals surface area (Å²) >= 11 is 1.70. The highest BCUT2D eigenvalue weighted by atomic mass is 32.1. The predicted molar refractivity (Wildman–Crippen MR) is 339 cm³/mol. The van der Waals surface area contributed by atoms with Crippen LogP contribution in [-0.4, -0.2) is 13.7 Å². The molecule has 0 atom stereocenters. The van der Waals surface area contributed by atoms with E-state index in [9.17, 15) is 10.5 Å². The van der Waals surface area contributed by atoms with Crippen molar-refractivity contribution in [2.24, 2.45) is 0 Å². The van der Waals surface area contributed by atoms with Gasteiger partial charge in [-0.1, -0.05) is 164 Å². The molecule has 9 heteroatoms. The summed E-state index contributed by atoms with van der Waals surface area (Å²) in [7, 11) is 0. The highest BCUT2D eigenvalue weighted by Crippen LogP contribution is 2.53. The summed E-state index contributed by atoms with van der Waals surface area (Å²) in [6.07, 6.45) is 0. The van der Waals surface area contributed by atoms with Crippen LogP contribution in [0.15, 0.2) is 238 Å². The molecule has 7 heterocycles. The van der Waals surface area contributed by atoms with Crippen LogP contribution in [0.2, 0.25) is 0 Å². The van der Waals surface area contributed by atoms with Gasteiger partial charge in [0.1, 0.15) is 34.5 Å². The lowest BCUT2D eigenvalue weighted by molar-refractivity contribution is 0.670. The third kappa shape index (κ3) is 5.65. The van der Waals surface area contributed by atoms with Gasteiger partial charge in [-0.2, -0.15) is 10.5 Å². The minimum Gasteiger partial charge on any atom is -0.454 e. The molecule has 0 aliphatic rings. The van der Waals surface area contributed by atoms with Crippen LogP contribution >= 0.6 is 11.3 Å². The lowest BCUT2D eigenvalue weighted by Crippen LogP contribution is -2.14. The van der Waals surface area contributed by atoms with Gasteiger partial charge in [-0.25, -0.2) is 0 Å². The lowest BCUT2D eigenvalue weighted by Gasteiger charge is -2.26. The van der Waals surface area contributed by atoms with Crippen molar-refractivity contribution < 1.29 is 13.3 Å². The van der Waals surface area contributed by atoms with Crippen molar-refractivity contribution >= 4 is 163 Å². The van der Waals surface area contributed by atoms with E-state index in [1.54, 1.807) is 11.3 Å². The van der Waals surface area contributed by atoms with E-state index >= 15 is 0 Å². The van der Waals surface area contributed by atoms with E-state index in [4.69, 9.17) is 13.3 Å². The predicted octanol–water partition coefficient (Wildman–Crippen LogP) is 20.5. The summed E-state index contributed by atoms with van der Waals surface area (Å²) < 4.78 is 30.1. The highest BCUT2D eigenvalue weighted by Gasteiger charge is 2.36. The zero-order valence-electron chi connectivity index (χ0n) is 43.7. The number of hydrogen-bond acceptors (Lipinski definition) is 6. The number of furan rings is 3. The average molecular weight is 1080 g/mol. The van der Waals surface area contributed by atoms with Crippen LogP contribution in [0.3, 0.4) is 0 Å². The van der Waals surface area contributed by atoms with E-state index in [2.05, 4.69) is 184 Å². The molecule has 0 bridgehead atoms. The fourth-order valence-corrected chi connectivity index (χ4v) is 15.4. The zero-order chi connectivity index (χ0) is 54.3. The van der Waals surface area contributed by atoms with Gasteiger partial charge in [0.05, 0.1) is 55.7 Å². The Hall–Kier alpha value is -11.4. The van der Waals surface area contributed by atoms with Crippen molar-refractivity contribution in [3.63, 3.8) is 0 Å². The Bertz CT molecular complexity index is 6240. The van der Waals surface area contributed by atoms with Crippen LogP contribution in [-0.2, 0) is 0 Å². The first-order valence-corrected chi connectivity index (χ1v) is 28.4. The largest absolute Gasteiger partial charge is 0.454 e. The van der Waals surface area contributed by atoms with Crippen LogP contribution in [0, 0.1) is 22.7 Å². The number of nitrogens with zero attached hydrogens (tertiary/aromatic N) is 5. The fraction of sp³-hybridized carbons (Fsp3) is 0. The SMILES string of the molecule is N#Cc1c(-c2cccc3c2sc2ccccc23)c(-n2c3ccccc3c3ccc4c5ccccc5oc4c32)c(C#N)c(-n2c3ccccc3c3ccc4c5ccccc5oc4c32)c1-n1c2ccccc2c2ccc3c4ccccc4oc3c21. The van der Waals surface area contributed by atoms with Gasteiger partial charge < -0.3 is 27.0 Å². The molecular formula is C74H37N5O3S. The van der Waals surface area contributed by atoms with Crippen LogP contribution in [0.25, 0.3) is 180 Å². The van der Waals surface area contributed by atoms with Gasteiger partial charge in [0.25, 0.3) is 0 Å². The molecular weight excluding hydrogens is 1040 g/mol. The molecule has 0 fully saturated rings. The maximum absolute atomic E-state index is 13.1. The third-order valence-electron chi connectivity index (χ3n) is 17.5. The van der Waals surface area contributed by atoms with Gasteiger partial charge in [-0.05, 0) is 60.7 Å². The Morgan fingerprint density at radius 3 is 1.12 bits per heavy atom. The number of aromatic nitrogens is 3. The molecule has 0 radical (unpaired) electrons. The molecule has 0 amide bonds. The molecule has 19 aromatic rings. The summed E-state index contributed by atoms with van der Waals surface area (Å²) in [6.45, 7) is 0. The number of thiophene rings is 1. The molecule has 83 heavy (non-hydrogen) atoms. The molecule has 0 spiro atoms. The summed E-state index contributed by atoms with van der Waals surface area (Å²) in [5, 5.41) is 39.7. The van der Waals surface area contributed by atoms with Crippen molar-refractivity contribution in [3.05, 3.63) is 236 Å². The molecule has 19 rings (SSSR count). The first kappa shape index (κ1) is 44.5. The third-order valence-corrected chi connectivity index (χ3v) is 18.7. The number of fused-ring (bicyclic) bond motifs is 24. The normalized spacial score (nSPS) is 12.3. The van der Waals surface area contributed by atoms with E-state index in [-0.39, 0.29) is 0 Å². The number of hydrogen-bond donors (Lipinski definition) is 0. The second kappa shape index (κ2) is 16.2. The molecule has 12 aromatic carbocycles. The van der Waals surface area contributed by atoms with E-state index in [0.717, 1.165) is 140 Å². The Labute approximate surface area is 473 Å². The summed E-state index contributed by atoms with van der Waals surface area (Å²) in [6, 6.07) is 83.4. The van der Waals surface area contributed by atoms with Gasteiger partial charge in [0, 0.05) is 95.9 Å². The Balaban J connectivity index is 1.14. The van der Waals surface area contributed by atoms with E-state index < -0.39 is 0 Å². The van der Waals surface area contributed by atoms with Gasteiger partial charge in [-0.15, -0.1) is 11.3 Å². The van der Waals surface area contributed by atoms with E-state index in [1.165, 1.54) is 0 Å². The summed E-state index contributed by atoms with van der Waals surface area (Å²) in [5.41, 5.74) is 12.8. The summed E-state index contributed by atoms with van der Waals surface area (Å²) in [5.74, 6) is 0. The molecule has 382 valence electrons. The zero-order valence-corrected chi connectivity index (χ0v) is 44.5. The minimum atomic E-state index is 0.335. The second-order valence-corrected chi connectivity index (χ2v) is 22.6. The monoisotopic (exact) mass is 1080 g/mol. The number of para-hydroxylation sites is 6. The van der Waals surface area contributed by atoms with E-state index in [1.807, 2.05) is 66.7 Å². The van der Waals surface area contributed by atoms with Gasteiger partial charge in [0.15, 0.2) is 16.7 Å². The molecule has 0 saturated carbocycles. The van der Waals surface area contributed by atoms with Gasteiger partial charge in [0.2, 0.25) is 0 Å². The molecule has 0 aliphatic carbocycles. The van der Waals surface area contributed by atoms with Crippen LogP contribution in [0.4, 0.5) is 0 Å². The van der Waals surface area contributed by atoms with Crippen molar-refractivity contribution in [2.75, 3.05) is 0 Å². The number of benzene rings is 12. The Morgan fingerprint density at radius 1 is 0.301 bits per heavy atom. The second-order valence-electron chi connectivity index (χ2n) is 21.5. The van der Waals surface area contributed by atoms with Crippen molar-refractivity contribution in [1.29, 1.82) is 10.5 Å². The first-order chi connectivity index (χ1) is 41.1. The number of rotatable bonds is 4. The average Bonchev–Trinajstić information content (AvgIpc) is 2.13. The van der Waals surface area contributed by atoms with Crippen LogP contribution < -0.4 is 0 Å². The smallest absolute Gasteiger partial charge is 0.160 e. The topological polar surface area (TPSA) is 102 Å². The highest BCUT2D eigenvalue weighted by molar-refractivity contribution is 7.26. The quantitative estimate of drug-likeness (QED) is 0.175. The molecule has 8 nitrogen and oxygen atoms in total. The first-order valence-electron chi connectivity index (χ1n) is 27.6. The molecule has 7 aromatic heterocycles. The van der Waals surface area contributed by atoms with Gasteiger partial charge in [-0.3, -0.25) is 0 Å². The molecule has 0 N–H and O–H groups in total. The van der Waals surface area contributed by atoms with Crippen LogP contribution in [0.1, 0.15) is 11.1 Å². The maximum Gasteiger partial charge on any atom is 0.160 e. The molecule has 0 unspecified atom stereocenters. The van der Waals surface area contributed by atoms with E-state index in [0.29, 0.717) is 50.5 Å².